The molecule has 0 saturated carbocycles. The van der Waals surface area contributed by atoms with Crippen LogP contribution in [0.3, 0.4) is 0 Å². The zero-order valence-corrected chi connectivity index (χ0v) is 11.3. The molecule has 3 aromatic rings. The van der Waals surface area contributed by atoms with E-state index in [9.17, 15) is 0 Å². The van der Waals surface area contributed by atoms with Crippen molar-refractivity contribution in [3.8, 4) is 5.69 Å². The molecule has 6 heteroatoms. The second-order valence-electron chi connectivity index (χ2n) is 4.20. The summed E-state index contributed by atoms with van der Waals surface area (Å²) in [6.07, 6.45) is 3.27. The molecule has 0 unspecified atom stereocenters. The van der Waals surface area contributed by atoms with E-state index in [1.54, 1.807) is 10.9 Å². The molecule has 0 fully saturated rings. The van der Waals surface area contributed by atoms with Crippen LogP contribution in [0.4, 0.5) is 5.82 Å². The van der Waals surface area contributed by atoms with Crippen LogP contribution in [-0.2, 0) is 0 Å². The van der Waals surface area contributed by atoms with Crippen molar-refractivity contribution in [1.29, 1.82) is 0 Å². The normalized spacial score (nSPS) is 10.9. The third-order valence-corrected chi connectivity index (χ3v) is 3.24. The van der Waals surface area contributed by atoms with Crippen LogP contribution >= 0.6 is 11.6 Å². The van der Waals surface area contributed by atoms with E-state index in [1.165, 1.54) is 6.33 Å². The maximum Gasteiger partial charge on any atom is 0.168 e. The minimum Gasteiger partial charge on any atom is -0.372 e. The quantitative estimate of drug-likeness (QED) is 0.780. The molecule has 2 heterocycles. The molecule has 5 nitrogen and oxygen atoms in total. The highest BCUT2D eigenvalue weighted by Gasteiger charge is 2.11. The minimum atomic E-state index is 0.673. The van der Waals surface area contributed by atoms with Gasteiger partial charge in [-0.2, -0.15) is 5.10 Å². The van der Waals surface area contributed by atoms with Crippen LogP contribution < -0.4 is 5.32 Å². The fraction of sp³-hybridized carbons (Fsp3) is 0.154. The predicted octanol–water partition coefficient (Wildman–Crippen LogP) is 2.82. The molecule has 0 radical (unpaired) electrons. The molecule has 0 amide bonds. The fourth-order valence-electron chi connectivity index (χ4n) is 2.03. The highest BCUT2D eigenvalue weighted by Crippen LogP contribution is 2.24. The van der Waals surface area contributed by atoms with Crippen molar-refractivity contribution in [2.45, 2.75) is 6.92 Å². The van der Waals surface area contributed by atoms with Gasteiger partial charge in [-0.05, 0) is 24.6 Å². The number of fused-ring (bicyclic) bond motifs is 1. The summed E-state index contributed by atoms with van der Waals surface area (Å²) >= 11 is 6.06. The Balaban J connectivity index is 2.29. The van der Waals surface area contributed by atoms with E-state index in [1.807, 2.05) is 32.2 Å². The van der Waals surface area contributed by atoms with E-state index in [2.05, 4.69) is 20.4 Å². The molecule has 0 aliphatic heterocycles. The van der Waals surface area contributed by atoms with Gasteiger partial charge in [0.1, 0.15) is 12.1 Å². The number of nitrogens with one attached hydrogen (secondary N) is 1. The Hall–Kier alpha value is -2.14. The van der Waals surface area contributed by atoms with Gasteiger partial charge in [0.15, 0.2) is 5.65 Å². The van der Waals surface area contributed by atoms with Crippen molar-refractivity contribution in [2.24, 2.45) is 0 Å². The maximum atomic E-state index is 6.06. The average Bonchev–Trinajstić information content (AvgIpc) is 2.85. The number of aromatic nitrogens is 4. The van der Waals surface area contributed by atoms with Crippen molar-refractivity contribution >= 4 is 28.5 Å². The standard InChI is InChI=1S/C13H12ClN5/c1-8-3-4-9(14)5-11(8)19-13-10(6-18-19)12(15-2)16-7-17-13/h3-7H,1-2H3,(H,15,16,17). The average molecular weight is 274 g/mol. The number of anilines is 1. The van der Waals surface area contributed by atoms with Gasteiger partial charge in [-0.15, -0.1) is 0 Å². The Morgan fingerprint density at radius 3 is 2.89 bits per heavy atom. The first kappa shape index (κ1) is 11.9. The third kappa shape index (κ3) is 1.92. The number of halogens is 1. The minimum absolute atomic E-state index is 0.673. The monoisotopic (exact) mass is 273 g/mol. The van der Waals surface area contributed by atoms with Gasteiger partial charge in [0.05, 0.1) is 17.3 Å². The highest BCUT2D eigenvalue weighted by molar-refractivity contribution is 6.30. The molecule has 96 valence electrons. The molecule has 0 aliphatic carbocycles. The topological polar surface area (TPSA) is 55.6 Å². The summed E-state index contributed by atoms with van der Waals surface area (Å²) < 4.78 is 1.78. The van der Waals surface area contributed by atoms with Crippen LogP contribution in [0, 0.1) is 6.92 Å². The zero-order valence-electron chi connectivity index (χ0n) is 10.6. The van der Waals surface area contributed by atoms with Gasteiger partial charge in [-0.3, -0.25) is 0 Å². The molecule has 19 heavy (non-hydrogen) atoms. The third-order valence-electron chi connectivity index (χ3n) is 3.00. The molecule has 1 N–H and O–H groups in total. The summed E-state index contributed by atoms with van der Waals surface area (Å²) in [5.74, 6) is 0.760. The molecule has 1 aromatic carbocycles. The lowest BCUT2D eigenvalue weighted by atomic mass is 10.2. The lowest BCUT2D eigenvalue weighted by molar-refractivity contribution is 0.887. The number of aryl methyl sites for hydroxylation is 1. The largest absolute Gasteiger partial charge is 0.372 e. The van der Waals surface area contributed by atoms with Crippen LogP contribution in [0.15, 0.2) is 30.7 Å². The van der Waals surface area contributed by atoms with Crippen molar-refractivity contribution in [2.75, 3.05) is 12.4 Å². The Morgan fingerprint density at radius 2 is 2.11 bits per heavy atom. The lowest BCUT2D eigenvalue weighted by Crippen LogP contribution is -2.01. The smallest absolute Gasteiger partial charge is 0.168 e. The molecular formula is C13H12ClN5. The molecule has 0 atom stereocenters. The summed E-state index contributed by atoms with van der Waals surface area (Å²) in [5.41, 5.74) is 2.76. The van der Waals surface area contributed by atoms with E-state index in [-0.39, 0.29) is 0 Å². The van der Waals surface area contributed by atoms with Gasteiger partial charge in [0.2, 0.25) is 0 Å². The second-order valence-corrected chi connectivity index (χ2v) is 4.63. The number of nitrogens with zero attached hydrogens (tertiary/aromatic N) is 4. The molecule has 0 bridgehead atoms. The van der Waals surface area contributed by atoms with E-state index in [4.69, 9.17) is 11.6 Å². The first-order valence-corrected chi connectivity index (χ1v) is 6.21. The number of rotatable bonds is 2. The summed E-state index contributed by atoms with van der Waals surface area (Å²) in [7, 11) is 1.82. The predicted molar refractivity (Wildman–Crippen MR) is 76.0 cm³/mol. The van der Waals surface area contributed by atoms with E-state index in [0.29, 0.717) is 5.02 Å². The number of benzene rings is 1. The molecule has 0 spiro atoms. The summed E-state index contributed by atoms with van der Waals surface area (Å²) in [5, 5.41) is 8.97. The van der Waals surface area contributed by atoms with E-state index in [0.717, 1.165) is 28.1 Å². The maximum absolute atomic E-state index is 6.06. The molecular weight excluding hydrogens is 262 g/mol. The first-order chi connectivity index (χ1) is 9.20. The number of hydrogen-bond donors (Lipinski definition) is 1. The van der Waals surface area contributed by atoms with Crippen LogP contribution in [0.25, 0.3) is 16.7 Å². The number of hydrogen-bond acceptors (Lipinski definition) is 4. The van der Waals surface area contributed by atoms with Crippen LogP contribution in [0.2, 0.25) is 5.02 Å². The Kier molecular flexibility index (Phi) is 2.83. The summed E-state index contributed by atoms with van der Waals surface area (Å²) in [4.78, 5) is 8.47. The lowest BCUT2D eigenvalue weighted by Gasteiger charge is -2.07. The van der Waals surface area contributed by atoms with Crippen molar-refractivity contribution < 1.29 is 0 Å². The van der Waals surface area contributed by atoms with Gasteiger partial charge >= 0.3 is 0 Å². The van der Waals surface area contributed by atoms with Crippen LogP contribution in [0.5, 0.6) is 0 Å². The molecule has 0 aliphatic rings. The van der Waals surface area contributed by atoms with Gasteiger partial charge in [0, 0.05) is 12.1 Å². The van der Waals surface area contributed by atoms with Gasteiger partial charge < -0.3 is 5.32 Å². The van der Waals surface area contributed by atoms with Crippen molar-refractivity contribution in [1.82, 2.24) is 19.7 Å². The van der Waals surface area contributed by atoms with Crippen LogP contribution in [-0.4, -0.2) is 26.8 Å². The summed E-state index contributed by atoms with van der Waals surface area (Å²) in [6, 6.07) is 5.70. The van der Waals surface area contributed by atoms with E-state index < -0.39 is 0 Å². The fourth-order valence-corrected chi connectivity index (χ4v) is 2.20. The van der Waals surface area contributed by atoms with Gasteiger partial charge in [0.25, 0.3) is 0 Å². The Bertz CT molecular complexity index is 750. The van der Waals surface area contributed by atoms with Crippen LogP contribution in [0.1, 0.15) is 5.56 Å². The summed E-state index contributed by atoms with van der Waals surface area (Å²) in [6.45, 7) is 2.01. The Morgan fingerprint density at radius 1 is 1.26 bits per heavy atom. The Labute approximate surface area is 115 Å². The molecule has 3 rings (SSSR count). The zero-order chi connectivity index (χ0) is 13.4. The van der Waals surface area contributed by atoms with Gasteiger partial charge in [-0.25, -0.2) is 14.6 Å². The first-order valence-electron chi connectivity index (χ1n) is 5.83. The molecule has 0 saturated heterocycles. The SMILES string of the molecule is CNc1ncnc2c1cnn2-c1cc(Cl)ccc1C. The molecule has 2 aromatic heterocycles. The van der Waals surface area contributed by atoms with Crippen molar-refractivity contribution in [3.63, 3.8) is 0 Å². The van der Waals surface area contributed by atoms with Gasteiger partial charge in [-0.1, -0.05) is 17.7 Å². The van der Waals surface area contributed by atoms with E-state index >= 15 is 0 Å². The second kappa shape index (κ2) is 4.51. The highest BCUT2D eigenvalue weighted by atomic mass is 35.5. The van der Waals surface area contributed by atoms with Crippen molar-refractivity contribution in [3.05, 3.63) is 41.3 Å².